The Kier molecular flexibility index (Phi) is 3.96. The number of methoxy groups -OCH3 is 1. The molecule has 0 atom stereocenters. The van der Waals surface area contributed by atoms with Crippen LogP contribution < -0.4 is 9.47 Å². The van der Waals surface area contributed by atoms with Crippen molar-refractivity contribution in [1.29, 1.82) is 0 Å². The summed E-state index contributed by atoms with van der Waals surface area (Å²) in [7, 11) is 1.55. The van der Waals surface area contributed by atoms with E-state index in [9.17, 15) is 4.79 Å². The molecule has 1 fully saturated rings. The molecular weight excluding hydrogens is 336 g/mol. The van der Waals surface area contributed by atoms with E-state index in [1.54, 1.807) is 19.2 Å². The summed E-state index contributed by atoms with van der Waals surface area (Å²) in [6.07, 6.45) is 6.84. The third kappa shape index (κ3) is 2.95. The van der Waals surface area contributed by atoms with Crippen LogP contribution in [0.2, 0.25) is 0 Å². The second-order valence-electron chi connectivity index (χ2n) is 4.96. The van der Waals surface area contributed by atoms with E-state index in [0.717, 1.165) is 12.0 Å². The summed E-state index contributed by atoms with van der Waals surface area (Å²) in [4.78, 5) is 15.1. The molecule has 0 unspecified atom stereocenters. The third-order valence-corrected chi connectivity index (χ3v) is 4.03. The van der Waals surface area contributed by atoms with Crippen molar-refractivity contribution in [3.63, 3.8) is 0 Å². The van der Waals surface area contributed by atoms with Gasteiger partial charge in [-0.2, -0.15) is 0 Å². The van der Waals surface area contributed by atoms with Crippen LogP contribution in [0.3, 0.4) is 0 Å². The van der Waals surface area contributed by atoms with Crippen LogP contribution in [0.15, 0.2) is 29.1 Å². The van der Waals surface area contributed by atoms with Gasteiger partial charge >= 0.3 is 0 Å². The van der Waals surface area contributed by atoms with E-state index in [2.05, 4.69) is 25.5 Å². The second kappa shape index (κ2) is 5.89. The molecule has 1 aromatic carbocycles. The molecule has 0 saturated heterocycles. The number of benzene rings is 1. The zero-order chi connectivity index (χ0) is 14.8. The second-order valence-corrected chi connectivity index (χ2v) is 5.82. The van der Waals surface area contributed by atoms with E-state index < -0.39 is 0 Å². The summed E-state index contributed by atoms with van der Waals surface area (Å²) < 4.78 is 14.0. The van der Waals surface area contributed by atoms with Crippen molar-refractivity contribution in [2.75, 3.05) is 7.11 Å². The van der Waals surface area contributed by atoms with Gasteiger partial charge in [0.1, 0.15) is 12.9 Å². The highest BCUT2D eigenvalue weighted by molar-refractivity contribution is 9.10. The highest BCUT2D eigenvalue weighted by Gasteiger charge is 2.25. The van der Waals surface area contributed by atoms with Crippen LogP contribution in [0, 0.1) is 0 Å². The molecule has 0 spiro atoms. The Hall–Kier alpha value is -1.82. The number of hydrogen-bond donors (Lipinski definition) is 0. The number of aromatic nitrogens is 2. The number of carbonyl (C=O) groups is 1. The van der Waals surface area contributed by atoms with Crippen LogP contribution in [-0.2, 0) is 6.61 Å². The van der Waals surface area contributed by atoms with Crippen molar-refractivity contribution in [3.05, 3.63) is 40.4 Å². The topological polar surface area (TPSA) is 53.4 Å². The number of aldehydes is 1. The molecule has 1 heterocycles. The highest BCUT2D eigenvalue weighted by Crippen LogP contribution is 2.38. The van der Waals surface area contributed by atoms with Gasteiger partial charge in [-0.3, -0.25) is 4.79 Å². The predicted molar refractivity (Wildman–Crippen MR) is 80.9 cm³/mol. The number of rotatable bonds is 6. The van der Waals surface area contributed by atoms with Gasteiger partial charge in [-0.25, -0.2) is 4.98 Å². The average molecular weight is 351 g/mol. The van der Waals surface area contributed by atoms with E-state index in [-0.39, 0.29) is 0 Å². The fourth-order valence-electron chi connectivity index (χ4n) is 2.22. The Bertz CT molecular complexity index is 665. The minimum absolute atomic E-state index is 0.409. The zero-order valence-corrected chi connectivity index (χ0v) is 13.2. The Morgan fingerprint density at radius 3 is 2.95 bits per heavy atom. The quantitative estimate of drug-likeness (QED) is 0.749. The SMILES string of the molecule is COc1cc(C=O)cc(Br)c1OCc1cncn1C1CC1. The summed E-state index contributed by atoms with van der Waals surface area (Å²) in [6, 6.07) is 3.93. The molecule has 0 amide bonds. The first-order valence-electron chi connectivity index (χ1n) is 6.69. The predicted octanol–water partition coefficient (Wildman–Crippen LogP) is 3.38. The van der Waals surface area contributed by atoms with E-state index in [0.29, 0.717) is 34.2 Å². The molecule has 110 valence electrons. The van der Waals surface area contributed by atoms with Crippen molar-refractivity contribution in [2.24, 2.45) is 0 Å². The largest absolute Gasteiger partial charge is 0.493 e. The van der Waals surface area contributed by atoms with Crippen LogP contribution in [0.25, 0.3) is 0 Å². The van der Waals surface area contributed by atoms with Gasteiger partial charge in [0.25, 0.3) is 0 Å². The maximum absolute atomic E-state index is 10.9. The van der Waals surface area contributed by atoms with Crippen molar-refractivity contribution >= 4 is 22.2 Å². The molecule has 2 aromatic rings. The lowest BCUT2D eigenvalue weighted by Gasteiger charge is -2.14. The van der Waals surface area contributed by atoms with Crippen LogP contribution in [0.5, 0.6) is 11.5 Å². The fraction of sp³-hybridized carbons (Fsp3) is 0.333. The summed E-state index contributed by atoms with van der Waals surface area (Å²) in [5, 5.41) is 0. The number of hydrogen-bond acceptors (Lipinski definition) is 4. The first kappa shape index (κ1) is 14.1. The molecule has 3 rings (SSSR count). The lowest BCUT2D eigenvalue weighted by atomic mass is 10.2. The number of ether oxygens (including phenoxy) is 2. The third-order valence-electron chi connectivity index (χ3n) is 3.44. The molecule has 0 bridgehead atoms. The summed E-state index contributed by atoms with van der Waals surface area (Å²) in [6.45, 7) is 0.409. The fourth-order valence-corrected chi connectivity index (χ4v) is 2.79. The molecule has 0 aliphatic heterocycles. The molecule has 1 aliphatic carbocycles. The minimum atomic E-state index is 0.409. The Labute approximate surface area is 131 Å². The van der Waals surface area contributed by atoms with Gasteiger partial charge in [0.05, 0.1) is 29.8 Å². The Morgan fingerprint density at radius 2 is 2.29 bits per heavy atom. The summed E-state index contributed by atoms with van der Waals surface area (Å²) >= 11 is 3.42. The van der Waals surface area contributed by atoms with Gasteiger partial charge in [-0.05, 0) is 40.9 Å². The summed E-state index contributed by atoms with van der Waals surface area (Å²) in [5.41, 5.74) is 1.57. The molecule has 1 aromatic heterocycles. The van der Waals surface area contributed by atoms with E-state index in [1.807, 2.05) is 12.5 Å². The van der Waals surface area contributed by atoms with Gasteiger partial charge in [0.2, 0.25) is 0 Å². The maximum Gasteiger partial charge on any atom is 0.175 e. The monoisotopic (exact) mass is 350 g/mol. The molecule has 0 radical (unpaired) electrons. The number of nitrogens with zero attached hydrogens (tertiary/aromatic N) is 2. The first-order valence-corrected chi connectivity index (χ1v) is 7.48. The Morgan fingerprint density at radius 1 is 1.48 bits per heavy atom. The molecule has 1 aliphatic rings. The normalized spacial score (nSPS) is 14.0. The van der Waals surface area contributed by atoms with Crippen molar-refractivity contribution < 1.29 is 14.3 Å². The Balaban J connectivity index is 1.81. The first-order chi connectivity index (χ1) is 10.2. The maximum atomic E-state index is 10.9. The zero-order valence-electron chi connectivity index (χ0n) is 11.6. The number of imidazole rings is 1. The van der Waals surface area contributed by atoms with Crippen molar-refractivity contribution in [2.45, 2.75) is 25.5 Å². The number of halogens is 1. The van der Waals surface area contributed by atoms with Gasteiger partial charge in [-0.1, -0.05) is 0 Å². The molecular formula is C15H15BrN2O3. The van der Waals surface area contributed by atoms with Crippen molar-refractivity contribution in [3.8, 4) is 11.5 Å². The van der Waals surface area contributed by atoms with Gasteiger partial charge in [0, 0.05) is 11.6 Å². The van der Waals surface area contributed by atoms with Crippen LogP contribution in [-0.4, -0.2) is 22.9 Å². The standard InChI is InChI=1S/C15H15BrN2O3/c1-20-14-5-10(7-19)4-13(16)15(14)21-8-12-6-17-9-18(12)11-2-3-11/h4-7,9,11H,2-3,8H2,1H3. The van der Waals surface area contributed by atoms with Gasteiger partial charge in [0.15, 0.2) is 11.5 Å². The average Bonchev–Trinajstić information content (AvgIpc) is 3.24. The van der Waals surface area contributed by atoms with Crippen LogP contribution in [0.1, 0.15) is 34.9 Å². The minimum Gasteiger partial charge on any atom is -0.493 e. The lowest BCUT2D eigenvalue weighted by Crippen LogP contribution is -2.05. The van der Waals surface area contributed by atoms with E-state index in [4.69, 9.17) is 9.47 Å². The van der Waals surface area contributed by atoms with E-state index >= 15 is 0 Å². The molecule has 21 heavy (non-hydrogen) atoms. The van der Waals surface area contributed by atoms with Crippen LogP contribution >= 0.6 is 15.9 Å². The lowest BCUT2D eigenvalue weighted by molar-refractivity contribution is 0.112. The molecule has 1 saturated carbocycles. The molecule has 5 nitrogen and oxygen atoms in total. The smallest absolute Gasteiger partial charge is 0.175 e. The molecule has 6 heteroatoms. The van der Waals surface area contributed by atoms with Crippen LogP contribution in [0.4, 0.5) is 0 Å². The van der Waals surface area contributed by atoms with E-state index in [1.165, 1.54) is 12.8 Å². The number of carbonyl (C=O) groups excluding carboxylic acids is 1. The van der Waals surface area contributed by atoms with Gasteiger partial charge < -0.3 is 14.0 Å². The van der Waals surface area contributed by atoms with Gasteiger partial charge in [-0.15, -0.1) is 0 Å². The van der Waals surface area contributed by atoms with Crippen molar-refractivity contribution in [1.82, 2.24) is 9.55 Å². The summed E-state index contributed by atoms with van der Waals surface area (Å²) in [5.74, 6) is 1.12. The molecule has 0 N–H and O–H groups in total. The highest BCUT2D eigenvalue weighted by atomic mass is 79.9.